The van der Waals surface area contributed by atoms with Gasteiger partial charge in [0.25, 0.3) is 0 Å². The van der Waals surface area contributed by atoms with Crippen molar-refractivity contribution < 1.29 is 19.3 Å². The van der Waals surface area contributed by atoms with E-state index in [1.54, 1.807) is 14.2 Å². The average molecular weight is 228 g/mol. The molecule has 0 radical (unpaired) electrons. The highest BCUT2D eigenvalue weighted by Crippen LogP contribution is 2.55. The molecule has 1 N–H and O–H groups in total. The molecule has 1 heterocycles. The van der Waals surface area contributed by atoms with E-state index in [-0.39, 0.29) is 18.7 Å². The van der Waals surface area contributed by atoms with Gasteiger partial charge in [-0.2, -0.15) is 0 Å². The van der Waals surface area contributed by atoms with E-state index in [1.807, 2.05) is 0 Å². The van der Waals surface area contributed by atoms with Crippen LogP contribution in [0.15, 0.2) is 0 Å². The lowest BCUT2D eigenvalue weighted by Gasteiger charge is -2.49. The first-order valence-electron chi connectivity index (χ1n) is 6.15. The molecule has 4 nitrogen and oxygen atoms in total. The SMILES string of the molecule is CO[C@H]1O[C@@H](OC)[C@@H]2[C@@H]3CC[C@@H](C[C@@H]3O)[C@H]12. The number of rotatable bonds is 2. The van der Waals surface area contributed by atoms with Crippen LogP contribution in [0, 0.1) is 23.7 Å². The van der Waals surface area contributed by atoms with E-state index >= 15 is 0 Å². The molecule has 0 aromatic heterocycles. The maximum Gasteiger partial charge on any atom is 0.163 e. The van der Waals surface area contributed by atoms with Crippen LogP contribution in [-0.2, 0) is 14.2 Å². The summed E-state index contributed by atoms with van der Waals surface area (Å²) in [6.45, 7) is 0. The Kier molecular flexibility index (Phi) is 2.70. The van der Waals surface area contributed by atoms with Crippen LogP contribution in [0.3, 0.4) is 0 Å². The Bertz CT molecular complexity index is 270. The Balaban J connectivity index is 1.89. The predicted octanol–water partition coefficient (Wildman–Crippen LogP) is 0.985. The molecule has 1 aliphatic heterocycles. The molecule has 7 atom stereocenters. The van der Waals surface area contributed by atoms with Crippen LogP contribution in [0.25, 0.3) is 0 Å². The van der Waals surface area contributed by atoms with Crippen LogP contribution in [0.4, 0.5) is 0 Å². The van der Waals surface area contributed by atoms with Crippen LogP contribution in [-0.4, -0.2) is 38.0 Å². The number of methoxy groups -OCH3 is 2. The summed E-state index contributed by atoms with van der Waals surface area (Å²) in [7, 11) is 3.37. The van der Waals surface area contributed by atoms with Crippen LogP contribution < -0.4 is 0 Å². The molecule has 4 heteroatoms. The van der Waals surface area contributed by atoms with Crippen molar-refractivity contribution in [2.75, 3.05) is 14.2 Å². The van der Waals surface area contributed by atoms with E-state index < -0.39 is 0 Å². The van der Waals surface area contributed by atoms with Gasteiger partial charge in [0.15, 0.2) is 12.6 Å². The monoisotopic (exact) mass is 228 g/mol. The minimum atomic E-state index is -0.197. The molecular formula is C12H20O4. The van der Waals surface area contributed by atoms with Gasteiger partial charge < -0.3 is 19.3 Å². The number of aliphatic hydroxyl groups is 1. The Morgan fingerprint density at radius 2 is 1.75 bits per heavy atom. The molecular weight excluding hydrogens is 208 g/mol. The van der Waals surface area contributed by atoms with Gasteiger partial charge in [0, 0.05) is 26.1 Å². The molecule has 2 bridgehead atoms. The second-order valence-electron chi connectivity index (χ2n) is 5.30. The van der Waals surface area contributed by atoms with E-state index in [0.717, 1.165) is 12.8 Å². The van der Waals surface area contributed by atoms with Gasteiger partial charge in [0.1, 0.15) is 0 Å². The molecule has 0 aromatic rings. The second-order valence-corrected chi connectivity index (χ2v) is 5.30. The Labute approximate surface area is 95.9 Å². The highest BCUT2D eigenvalue weighted by Gasteiger charge is 2.58. The quantitative estimate of drug-likeness (QED) is 0.765. The lowest BCUT2D eigenvalue weighted by Crippen LogP contribution is -2.50. The molecule has 3 aliphatic carbocycles. The lowest BCUT2D eigenvalue weighted by molar-refractivity contribution is -0.199. The first-order chi connectivity index (χ1) is 7.76. The van der Waals surface area contributed by atoms with Gasteiger partial charge in [-0.05, 0) is 31.1 Å². The van der Waals surface area contributed by atoms with E-state index in [2.05, 4.69) is 0 Å². The first kappa shape index (κ1) is 11.0. The van der Waals surface area contributed by atoms with Gasteiger partial charge in [0.2, 0.25) is 0 Å². The zero-order valence-electron chi connectivity index (χ0n) is 9.83. The van der Waals surface area contributed by atoms with Crippen molar-refractivity contribution in [2.45, 2.75) is 37.9 Å². The van der Waals surface area contributed by atoms with E-state index in [9.17, 15) is 5.11 Å². The lowest BCUT2D eigenvalue weighted by atomic mass is 9.58. The van der Waals surface area contributed by atoms with Crippen LogP contribution in [0.1, 0.15) is 19.3 Å². The van der Waals surface area contributed by atoms with E-state index in [0.29, 0.717) is 23.7 Å². The summed E-state index contributed by atoms with van der Waals surface area (Å²) in [5, 5.41) is 10.1. The number of hydrogen-bond acceptors (Lipinski definition) is 4. The number of ether oxygens (including phenoxy) is 3. The zero-order chi connectivity index (χ0) is 11.3. The molecule has 4 aliphatic rings. The molecule has 0 unspecified atom stereocenters. The minimum Gasteiger partial charge on any atom is -0.393 e. The summed E-state index contributed by atoms with van der Waals surface area (Å²) in [5.74, 6) is 1.60. The van der Waals surface area contributed by atoms with Gasteiger partial charge in [0.05, 0.1) is 6.10 Å². The van der Waals surface area contributed by atoms with E-state index in [1.165, 1.54) is 6.42 Å². The highest BCUT2D eigenvalue weighted by atomic mass is 16.8. The summed E-state index contributed by atoms with van der Waals surface area (Å²) in [5.41, 5.74) is 0. The smallest absolute Gasteiger partial charge is 0.163 e. The van der Waals surface area contributed by atoms with E-state index in [4.69, 9.17) is 14.2 Å². The fourth-order valence-corrected chi connectivity index (χ4v) is 4.13. The zero-order valence-corrected chi connectivity index (χ0v) is 9.83. The molecule has 16 heavy (non-hydrogen) atoms. The number of fused-ring (bicyclic) bond motifs is 2. The second kappa shape index (κ2) is 3.95. The molecule has 92 valence electrons. The Hall–Kier alpha value is -0.160. The molecule has 4 rings (SSSR count). The molecule has 1 saturated heterocycles. The molecule has 3 saturated carbocycles. The number of aliphatic hydroxyl groups excluding tert-OH is 1. The average Bonchev–Trinajstić information content (AvgIpc) is 2.69. The third-order valence-electron chi connectivity index (χ3n) is 4.75. The van der Waals surface area contributed by atoms with Crippen molar-refractivity contribution in [3.8, 4) is 0 Å². The van der Waals surface area contributed by atoms with Crippen LogP contribution >= 0.6 is 0 Å². The predicted molar refractivity (Wildman–Crippen MR) is 56.5 cm³/mol. The van der Waals surface area contributed by atoms with Gasteiger partial charge in [-0.1, -0.05) is 0 Å². The minimum absolute atomic E-state index is 0.143. The van der Waals surface area contributed by atoms with Gasteiger partial charge >= 0.3 is 0 Å². The van der Waals surface area contributed by atoms with Crippen molar-refractivity contribution in [3.05, 3.63) is 0 Å². The third-order valence-corrected chi connectivity index (χ3v) is 4.75. The molecule has 4 fully saturated rings. The van der Waals surface area contributed by atoms with Crippen molar-refractivity contribution >= 4 is 0 Å². The van der Waals surface area contributed by atoms with Crippen LogP contribution in [0.5, 0.6) is 0 Å². The van der Waals surface area contributed by atoms with Crippen molar-refractivity contribution in [2.24, 2.45) is 23.7 Å². The van der Waals surface area contributed by atoms with Crippen LogP contribution in [0.2, 0.25) is 0 Å². The van der Waals surface area contributed by atoms with Gasteiger partial charge in [-0.25, -0.2) is 0 Å². The normalized spacial score (nSPS) is 55.3. The highest BCUT2D eigenvalue weighted by molar-refractivity contribution is 5.02. The number of hydrogen-bond donors (Lipinski definition) is 1. The van der Waals surface area contributed by atoms with Crippen molar-refractivity contribution in [3.63, 3.8) is 0 Å². The van der Waals surface area contributed by atoms with Crippen molar-refractivity contribution in [1.29, 1.82) is 0 Å². The largest absolute Gasteiger partial charge is 0.393 e. The topological polar surface area (TPSA) is 47.9 Å². The summed E-state index contributed by atoms with van der Waals surface area (Å²) in [4.78, 5) is 0. The third kappa shape index (κ3) is 1.37. The maximum absolute atomic E-state index is 10.1. The summed E-state index contributed by atoms with van der Waals surface area (Å²) < 4.78 is 16.6. The maximum atomic E-state index is 10.1. The fraction of sp³-hybridized carbons (Fsp3) is 1.00. The Morgan fingerprint density at radius 1 is 1.06 bits per heavy atom. The molecule has 0 amide bonds. The first-order valence-corrected chi connectivity index (χ1v) is 6.15. The van der Waals surface area contributed by atoms with Gasteiger partial charge in [-0.15, -0.1) is 0 Å². The standard InChI is InChI=1S/C12H20O4/c1-14-11-9-6-3-4-7(8(13)5-6)10(9)12(15-2)16-11/h6-13H,3-5H2,1-2H3/t6-,7+,8-,9-,10+,11-,12+/m0/s1. The Morgan fingerprint density at radius 3 is 2.38 bits per heavy atom. The summed E-state index contributed by atoms with van der Waals surface area (Å²) >= 11 is 0. The summed E-state index contributed by atoms with van der Waals surface area (Å²) in [6.07, 6.45) is 2.70. The summed E-state index contributed by atoms with van der Waals surface area (Å²) in [6, 6.07) is 0. The van der Waals surface area contributed by atoms with Crippen molar-refractivity contribution in [1.82, 2.24) is 0 Å². The van der Waals surface area contributed by atoms with Gasteiger partial charge in [-0.3, -0.25) is 0 Å². The molecule has 0 spiro atoms. The fourth-order valence-electron chi connectivity index (χ4n) is 4.13. The molecule has 0 aromatic carbocycles.